The van der Waals surface area contributed by atoms with Crippen LogP contribution < -0.4 is 5.73 Å². The van der Waals surface area contributed by atoms with Crippen LogP contribution in [0.25, 0.3) is 10.8 Å². The third-order valence-corrected chi connectivity index (χ3v) is 4.35. The fourth-order valence-electron chi connectivity index (χ4n) is 2.42. The van der Waals surface area contributed by atoms with Crippen LogP contribution in [0.2, 0.25) is 0 Å². The largest absolute Gasteiger partial charge is 0.383 e. The molecule has 0 saturated carbocycles. The van der Waals surface area contributed by atoms with Gasteiger partial charge in [-0.05, 0) is 33.5 Å². The van der Waals surface area contributed by atoms with Crippen LogP contribution in [0.15, 0.2) is 48.5 Å². The van der Waals surface area contributed by atoms with Crippen molar-refractivity contribution in [2.45, 2.75) is 6.42 Å². The Morgan fingerprint density at radius 3 is 2.36 bits per heavy atom. The van der Waals surface area contributed by atoms with E-state index in [-0.39, 0.29) is 5.69 Å². The number of nitrogens with two attached hydrogens (primary N) is 1. The van der Waals surface area contributed by atoms with E-state index in [1.807, 2.05) is 24.3 Å². The minimum atomic E-state index is -0.403. The summed E-state index contributed by atoms with van der Waals surface area (Å²) in [4.78, 5) is 14.7. The number of aromatic nitrogens is 1. The number of nitrogen functional groups attached to an aromatic ring is 1. The molecule has 0 aliphatic rings. The summed E-state index contributed by atoms with van der Waals surface area (Å²) in [5.41, 5.74) is 8.09. The molecule has 0 fully saturated rings. The van der Waals surface area contributed by atoms with E-state index in [0.717, 1.165) is 25.6 Å². The molecular weight excluding hydrogens is 393 g/mol. The summed E-state index contributed by atoms with van der Waals surface area (Å²) in [6, 6.07) is 14.5. The van der Waals surface area contributed by atoms with Gasteiger partial charge in [-0.15, -0.1) is 0 Å². The molecule has 5 nitrogen and oxygen atoms in total. The van der Waals surface area contributed by atoms with Crippen LogP contribution in [0.1, 0.15) is 11.1 Å². The second-order valence-corrected chi connectivity index (χ2v) is 5.93. The maximum Gasteiger partial charge on any atom is 0.269 e. The molecule has 3 aromatic rings. The first-order valence-corrected chi connectivity index (χ1v) is 7.70. The molecule has 110 valence electrons. The van der Waals surface area contributed by atoms with Crippen molar-refractivity contribution in [3.63, 3.8) is 0 Å². The predicted molar refractivity (Wildman–Crippen MR) is 94.8 cm³/mol. The minimum Gasteiger partial charge on any atom is -0.383 e. The molecule has 2 aromatic carbocycles. The van der Waals surface area contributed by atoms with E-state index in [9.17, 15) is 10.1 Å². The van der Waals surface area contributed by atoms with Gasteiger partial charge in [0.2, 0.25) is 0 Å². The Bertz CT molecular complexity index is 863. The summed E-state index contributed by atoms with van der Waals surface area (Å²) in [6.45, 7) is 0. The van der Waals surface area contributed by atoms with Crippen molar-refractivity contribution in [1.82, 2.24) is 4.98 Å². The van der Waals surface area contributed by atoms with Crippen LogP contribution in [0.3, 0.4) is 0 Å². The van der Waals surface area contributed by atoms with Crippen LogP contribution in [-0.2, 0) is 6.42 Å². The number of pyridine rings is 1. The van der Waals surface area contributed by atoms with Crippen molar-refractivity contribution < 1.29 is 4.92 Å². The molecule has 1 heterocycles. The smallest absolute Gasteiger partial charge is 0.269 e. The Kier molecular flexibility index (Phi) is 3.93. The van der Waals surface area contributed by atoms with E-state index in [1.54, 1.807) is 12.1 Å². The summed E-state index contributed by atoms with van der Waals surface area (Å²) < 4.78 is 0.873. The Morgan fingerprint density at radius 1 is 1.09 bits per heavy atom. The summed E-state index contributed by atoms with van der Waals surface area (Å²) in [5, 5.41) is 12.8. The standard InChI is InChI=1S/C16H12IN3O2/c17-15-13-4-2-1-3-12(13)14(16(18)19-15)9-10-5-7-11(8-6-10)20(21)22/h1-8H,9H2,(H2,18,19). The number of fused-ring (bicyclic) bond motifs is 1. The number of benzene rings is 2. The number of nitro benzene ring substituents is 1. The molecule has 0 unspecified atom stereocenters. The lowest BCUT2D eigenvalue weighted by Crippen LogP contribution is -2.02. The SMILES string of the molecule is Nc1nc(I)c2ccccc2c1Cc1ccc([N+](=O)[O-])cc1. The summed E-state index contributed by atoms with van der Waals surface area (Å²) >= 11 is 2.18. The van der Waals surface area contributed by atoms with Crippen LogP contribution in [0, 0.1) is 13.8 Å². The molecule has 0 aliphatic heterocycles. The van der Waals surface area contributed by atoms with E-state index >= 15 is 0 Å². The summed E-state index contributed by atoms with van der Waals surface area (Å²) in [6.07, 6.45) is 0.592. The number of hydrogen-bond acceptors (Lipinski definition) is 4. The lowest BCUT2D eigenvalue weighted by molar-refractivity contribution is -0.384. The van der Waals surface area contributed by atoms with Crippen LogP contribution in [-0.4, -0.2) is 9.91 Å². The van der Waals surface area contributed by atoms with Gasteiger partial charge in [0.05, 0.1) is 4.92 Å². The van der Waals surface area contributed by atoms with E-state index in [4.69, 9.17) is 5.73 Å². The van der Waals surface area contributed by atoms with Gasteiger partial charge in [0.15, 0.2) is 0 Å². The van der Waals surface area contributed by atoms with Gasteiger partial charge in [0.25, 0.3) is 5.69 Å². The molecule has 0 saturated heterocycles. The Balaban J connectivity index is 2.05. The van der Waals surface area contributed by atoms with Crippen molar-refractivity contribution in [2.24, 2.45) is 0 Å². The molecule has 0 radical (unpaired) electrons. The molecule has 0 aliphatic carbocycles. The zero-order valence-electron chi connectivity index (χ0n) is 11.5. The quantitative estimate of drug-likeness (QED) is 0.310. The average molecular weight is 405 g/mol. The zero-order valence-corrected chi connectivity index (χ0v) is 13.6. The number of hydrogen-bond donors (Lipinski definition) is 1. The monoisotopic (exact) mass is 405 g/mol. The van der Waals surface area contributed by atoms with E-state index in [1.165, 1.54) is 12.1 Å². The molecule has 0 bridgehead atoms. The van der Waals surface area contributed by atoms with Crippen molar-refractivity contribution in [3.05, 3.63) is 73.5 Å². The minimum absolute atomic E-state index is 0.0855. The highest BCUT2D eigenvalue weighted by atomic mass is 127. The van der Waals surface area contributed by atoms with Crippen molar-refractivity contribution in [1.29, 1.82) is 0 Å². The molecule has 2 N–H and O–H groups in total. The molecule has 1 aromatic heterocycles. The van der Waals surface area contributed by atoms with Crippen molar-refractivity contribution in [2.75, 3.05) is 5.73 Å². The van der Waals surface area contributed by atoms with Crippen molar-refractivity contribution >= 4 is 44.9 Å². The van der Waals surface area contributed by atoms with E-state index in [0.29, 0.717) is 12.2 Å². The number of non-ortho nitro benzene ring substituents is 1. The van der Waals surface area contributed by atoms with Gasteiger partial charge in [-0.1, -0.05) is 36.4 Å². The predicted octanol–water partition coefficient (Wildman–Crippen LogP) is 3.92. The summed E-state index contributed by atoms with van der Waals surface area (Å²) in [5.74, 6) is 0.501. The number of nitrogens with zero attached hydrogens (tertiary/aromatic N) is 2. The van der Waals surface area contributed by atoms with E-state index in [2.05, 4.69) is 27.6 Å². The van der Waals surface area contributed by atoms with Gasteiger partial charge in [-0.3, -0.25) is 10.1 Å². The topological polar surface area (TPSA) is 82.0 Å². The molecule has 3 rings (SSSR count). The third-order valence-electron chi connectivity index (χ3n) is 3.53. The maximum absolute atomic E-state index is 10.7. The average Bonchev–Trinajstić information content (AvgIpc) is 2.52. The second-order valence-electron chi connectivity index (χ2n) is 4.91. The first-order chi connectivity index (χ1) is 10.6. The number of anilines is 1. The molecule has 0 atom stereocenters. The van der Waals surface area contributed by atoms with Crippen LogP contribution >= 0.6 is 22.6 Å². The Hall–Kier alpha value is -2.22. The normalized spacial score (nSPS) is 10.8. The molecule has 22 heavy (non-hydrogen) atoms. The van der Waals surface area contributed by atoms with Crippen LogP contribution in [0.5, 0.6) is 0 Å². The van der Waals surface area contributed by atoms with Gasteiger partial charge < -0.3 is 5.73 Å². The van der Waals surface area contributed by atoms with Gasteiger partial charge in [-0.2, -0.15) is 0 Å². The lowest BCUT2D eigenvalue weighted by Gasteiger charge is -2.11. The number of halogens is 1. The van der Waals surface area contributed by atoms with E-state index < -0.39 is 4.92 Å². The first kappa shape index (κ1) is 14.7. The number of rotatable bonds is 3. The molecule has 0 amide bonds. The summed E-state index contributed by atoms with van der Waals surface area (Å²) in [7, 11) is 0. The Morgan fingerprint density at radius 2 is 1.73 bits per heavy atom. The second kappa shape index (κ2) is 5.88. The maximum atomic E-state index is 10.7. The molecule has 0 spiro atoms. The Labute approximate surface area is 140 Å². The molecular formula is C16H12IN3O2. The van der Waals surface area contributed by atoms with Gasteiger partial charge in [0.1, 0.15) is 9.52 Å². The lowest BCUT2D eigenvalue weighted by atomic mass is 10.00. The molecule has 6 heteroatoms. The number of nitro groups is 1. The van der Waals surface area contributed by atoms with Crippen LogP contribution in [0.4, 0.5) is 11.5 Å². The van der Waals surface area contributed by atoms with Gasteiger partial charge >= 0.3 is 0 Å². The first-order valence-electron chi connectivity index (χ1n) is 6.62. The highest BCUT2D eigenvalue weighted by Gasteiger charge is 2.12. The fraction of sp³-hybridized carbons (Fsp3) is 0.0625. The van der Waals surface area contributed by atoms with Crippen molar-refractivity contribution in [3.8, 4) is 0 Å². The zero-order chi connectivity index (χ0) is 15.7. The fourth-order valence-corrected chi connectivity index (χ4v) is 3.15. The highest BCUT2D eigenvalue weighted by molar-refractivity contribution is 14.1. The third kappa shape index (κ3) is 2.74. The van der Waals surface area contributed by atoms with Gasteiger partial charge in [0, 0.05) is 29.5 Å². The highest BCUT2D eigenvalue weighted by Crippen LogP contribution is 2.28. The van der Waals surface area contributed by atoms with Gasteiger partial charge in [-0.25, -0.2) is 4.98 Å².